The van der Waals surface area contributed by atoms with E-state index in [2.05, 4.69) is 10.6 Å². The smallest absolute Gasteiger partial charge is 0.287 e. The van der Waals surface area contributed by atoms with Crippen LogP contribution in [-0.2, 0) is 9.59 Å². The largest absolute Gasteiger partial charge is 0.459 e. The van der Waals surface area contributed by atoms with Crippen LogP contribution in [0.5, 0.6) is 0 Å². The number of nitrogens with two attached hydrogens (primary N) is 1. The number of carbonyl (C=O) groups excluding carboxylic acids is 3. The fraction of sp³-hybridized carbons (Fsp3) is 0.611. The number of nitrogens with one attached hydrogen (secondary N) is 2. The molecule has 5 atom stereocenters. The van der Waals surface area contributed by atoms with E-state index in [9.17, 15) is 29.7 Å². The number of furan rings is 1. The van der Waals surface area contributed by atoms with Gasteiger partial charge in [0.15, 0.2) is 5.76 Å². The Morgan fingerprint density at radius 2 is 2.00 bits per heavy atom. The molecule has 0 spiro atoms. The molecule has 1 aliphatic rings. The van der Waals surface area contributed by atoms with Crippen molar-refractivity contribution in [1.82, 2.24) is 10.6 Å². The van der Waals surface area contributed by atoms with Gasteiger partial charge < -0.3 is 36.1 Å². The summed E-state index contributed by atoms with van der Waals surface area (Å²) < 4.78 is 4.96. The first-order valence-electron chi connectivity index (χ1n) is 9.06. The molecule has 1 aliphatic carbocycles. The zero-order valence-corrected chi connectivity index (χ0v) is 15.8. The standard InChI is InChI=1S/C18H27N3O7/c1-9(2)6-10(15(19)24)21-17(26)18(27)7-11(14(23)12(22)8-18)20-16(25)13-4-3-5-28-13/h3-5,9-12,14,22-23,27H,6-8H2,1-2H3,(H2,19,24)(H,20,25)(H,21,26)/t10-,11+,12-,14-,18-/m1/s1. The molecule has 3 amide bonds. The van der Waals surface area contributed by atoms with Crippen LogP contribution >= 0.6 is 0 Å². The topological polar surface area (TPSA) is 175 Å². The van der Waals surface area contributed by atoms with Crippen LogP contribution in [0, 0.1) is 5.92 Å². The first kappa shape index (κ1) is 21.9. The summed E-state index contributed by atoms with van der Waals surface area (Å²) in [6.45, 7) is 3.69. The first-order chi connectivity index (χ1) is 13.0. The predicted molar refractivity (Wildman–Crippen MR) is 96.7 cm³/mol. The van der Waals surface area contributed by atoms with Crippen molar-refractivity contribution < 1.29 is 34.1 Å². The lowest BCUT2D eigenvalue weighted by atomic mass is 9.77. The molecule has 156 valence electrons. The molecule has 0 unspecified atom stereocenters. The van der Waals surface area contributed by atoms with Gasteiger partial charge in [-0.2, -0.15) is 0 Å². The van der Waals surface area contributed by atoms with Crippen molar-refractivity contribution in [2.75, 3.05) is 0 Å². The Kier molecular flexibility index (Phi) is 6.81. The van der Waals surface area contributed by atoms with Gasteiger partial charge in [0.1, 0.15) is 17.7 Å². The van der Waals surface area contributed by atoms with Crippen molar-refractivity contribution in [3.8, 4) is 0 Å². The number of hydrogen-bond donors (Lipinski definition) is 6. The molecule has 1 aromatic rings. The van der Waals surface area contributed by atoms with E-state index < -0.39 is 54.0 Å². The average Bonchev–Trinajstić information content (AvgIpc) is 3.12. The van der Waals surface area contributed by atoms with Crippen LogP contribution in [0.25, 0.3) is 0 Å². The predicted octanol–water partition coefficient (Wildman–Crippen LogP) is -1.36. The molecule has 0 radical (unpaired) electrons. The molecule has 0 aliphatic heterocycles. The average molecular weight is 397 g/mol. The van der Waals surface area contributed by atoms with Gasteiger partial charge in [0, 0.05) is 12.8 Å². The van der Waals surface area contributed by atoms with Crippen LogP contribution in [0.15, 0.2) is 22.8 Å². The SMILES string of the molecule is CC(C)C[C@@H](NC(=O)[C@]1(O)C[C@@H](O)[C@H](O)[C@@H](NC(=O)c2ccco2)C1)C(N)=O. The Morgan fingerprint density at radius 3 is 2.54 bits per heavy atom. The minimum absolute atomic E-state index is 0.0222. The van der Waals surface area contributed by atoms with E-state index >= 15 is 0 Å². The normalized spacial score (nSPS) is 28.6. The lowest BCUT2D eigenvalue weighted by molar-refractivity contribution is -0.159. The molecule has 2 rings (SSSR count). The van der Waals surface area contributed by atoms with Crippen LogP contribution in [0.3, 0.4) is 0 Å². The highest BCUT2D eigenvalue weighted by Crippen LogP contribution is 2.30. The van der Waals surface area contributed by atoms with Gasteiger partial charge in [-0.1, -0.05) is 13.8 Å². The van der Waals surface area contributed by atoms with Crippen molar-refractivity contribution >= 4 is 17.7 Å². The van der Waals surface area contributed by atoms with E-state index in [1.165, 1.54) is 18.4 Å². The highest BCUT2D eigenvalue weighted by molar-refractivity contribution is 5.92. The Hall–Kier alpha value is -2.43. The number of rotatable bonds is 7. The second-order valence-electron chi connectivity index (χ2n) is 7.61. The highest BCUT2D eigenvalue weighted by atomic mass is 16.3. The van der Waals surface area contributed by atoms with Crippen LogP contribution in [-0.4, -0.2) is 62.9 Å². The van der Waals surface area contributed by atoms with E-state index in [0.29, 0.717) is 0 Å². The molecule has 7 N–H and O–H groups in total. The summed E-state index contributed by atoms with van der Waals surface area (Å²) in [6, 6.07) is 0.804. The van der Waals surface area contributed by atoms with Crippen molar-refractivity contribution in [3.05, 3.63) is 24.2 Å². The first-order valence-corrected chi connectivity index (χ1v) is 9.06. The molecular weight excluding hydrogens is 370 g/mol. The van der Waals surface area contributed by atoms with E-state index in [0.717, 1.165) is 0 Å². The van der Waals surface area contributed by atoms with Gasteiger partial charge >= 0.3 is 0 Å². The summed E-state index contributed by atoms with van der Waals surface area (Å²) in [4.78, 5) is 36.4. The van der Waals surface area contributed by atoms with Crippen LogP contribution in [0.1, 0.15) is 43.7 Å². The summed E-state index contributed by atoms with van der Waals surface area (Å²) in [7, 11) is 0. The lowest BCUT2D eigenvalue weighted by Gasteiger charge is -2.41. The second kappa shape index (κ2) is 8.72. The zero-order valence-electron chi connectivity index (χ0n) is 15.8. The minimum Gasteiger partial charge on any atom is -0.459 e. The van der Waals surface area contributed by atoms with Crippen molar-refractivity contribution in [3.63, 3.8) is 0 Å². The summed E-state index contributed by atoms with van der Waals surface area (Å²) in [5.74, 6) is -2.27. The molecule has 10 nitrogen and oxygen atoms in total. The lowest BCUT2D eigenvalue weighted by Crippen LogP contribution is -2.64. The van der Waals surface area contributed by atoms with Gasteiger partial charge in [0.05, 0.1) is 18.4 Å². The van der Waals surface area contributed by atoms with E-state index in [-0.39, 0.29) is 24.5 Å². The van der Waals surface area contributed by atoms with E-state index in [4.69, 9.17) is 10.2 Å². The molecule has 0 aromatic carbocycles. The number of aliphatic hydroxyl groups excluding tert-OH is 2. The Morgan fingerprint density at radius 1 is 1.32 bits per heavy atom. The van der Waals surface area contributed by atoms with Gasteiger partial charge in [-0.3, -0.25) is 14.4 Å². The molecule has 0 bridgehead atoms. The fourth-order valence-corrected chi connectivity index (χ4v) is 3.28. The Labute approximate surface area is 162 Å². The van der Waals surface area contributed by atoms with Crippen molar-refractivity contribution in [1.29, 1.82) is 0 Å². The van der Waals surface area contributed by atoms with Crippen LogP contribution < -0.4 is 16.4 Å². The van der Waals surface area contributed by atoms with E-state index in [1.54, 1.807) is 0 Å². The highest BCUT2D eigenvalue weighted by Gasteiger charge is 2.49. The van der Waals surface area contributed by atoms with Crippen molar-refractivity contribution in [2.24, 2.45) is 11.7 Å². The molecule has 1 fully saturated rings. The summed E-state index contributed by atoms with van der Waals surface area (Å²) in [6.07, 6.45) is -2.11. The molecular formula is C18H27N3O7. The molecule has 1 saturated carbocycles. The van der Waals surface area contributed by atoms with Gasteiger partial charge in [0.2, 0.25) is 5.91 Å². The zero-order chi connectivity index (χ0) is 21.1. The number of hydrogen-bond acceptors (Lipinski definition) is 7. The number of aliphatic hydroxyl groups is 3. The third-order valence-electron chi connectivity index (χ3n) is 4.75. The summed E-state index contributed by atoms with van der Waals surface area (Å²) in [5.41, 5.74) is 3.20. The summed E-state index contributed by atoms with van der Waals surface area (Å²) >= 11 is 0. The second-order valence-corrected chi connectivity index (χ2v) is 7.61. The summed E-state index contributed by atoms with van der Waals surface area (Å²) in [5, 5.41) is 35.9. The Balaban J connectivity index is 2.12. The van der Waals surface area contributed by atoms with E-state index in [1.807, 2.05) is 13.8 Å². The number of amides is 3. The minimum atomic E-state index is -2.11. The number of primary amides is 1. The maximum absolute atomic E-state index is 12.6. The quantitative estimate of drug-likeness (QED) is 0.329. The molecule has 1 aromatic heterocycles. The van der Waals surface area contributed by atoms with Crippen LogP contribution in [0.4, 0.5) is 0 Å². The monoisotopic (exact) mass is 397 g/mol. The van der Waals surface area contributed by atoms with Gasteiger partial charge in [0.25, 0.3) is 11.8 Å². The Bertz CT molecular complexity index is 706. The van der Waals surface area contributed by atoms with Gasteiger partial charge in [-0.15, -0.1) is 0 Å². The third kappa shape index (κ3) is 5.09. The molecule has 28 heavy (non-hydrogen) atoms. The fourth-order valence-electron chi connectivity index (χ4n) is 3.28. The van der Waals surface area contributed by atoms with Gasteiger partial charge in [-0.05, 0) is 24.5 Å². The third-order valence-corrected chi connectivity index (χ3v) is 4.75. The maximum atomic E-state index is 12.6. The number of carbonyl (C=O) groups is 3. The molecule has 10 heteroatoms. The molecule has 0 saturated heterocycles. The van der Waals surface area contributed by atoms with Gasteiger partial charge in [-0.25, -0.2) is 0 Å². The van der Waals surface area contributed by atoms with Crippen molar-refractivity contribution in [2.45, 2.75) is 63.0 Å². The van der Waals surface area contributed by atoms with Crippen LogP contribution in [0.2, 0.25) is 0 Å². The maximum Gasteiger partial charge on any atom is 0.287 e. The molecule has 1 heterocycles.